The van der Waals surface area contributed by atoms with Gasteiger partial charge >= 0.3 is 5.97 Å². The van der Waals surface area contributed by atoms with Gasteiger partial charge in [-0.1, -0.05) is 0 Å². The van der Waals surface area contributed by atoms with Crippen molar-refractivity contribution in [1.82, 2.24) is 10.2 Å². The third kappa shape index (κ3) is 2.23. The number of hydrogen-bond acceptors (Lipinski definition) is 5. The topological polar surface area (TPSA) is 89.4 Å². The van der Waals surface area contributed by atoms with E-state index in [0.717, 1.165) is 0 Å². The van der Waals surface area contributed by atoms with Crippen LogP contribution >= 0.6 is 15.9 Å². The summed E-state index contributed by atoms with van der Waals surface area (Å²) in [6.45, 7) is 0. The van der Waals surface area contributed by atoms with Gasteiger partial charge in [-0.2, -0.15) is 0 Å². The van der Waals surface area contributed by atoms with Gasteiger partial charge in [-0.05, 0) is 46.3 Å². The summed E-state index contributed by atoms with van der Waals surface area (Å²) in [4.78, 5) is 10.8. The van der Waals surface area contributed by atoms with Crippen LogP contribution < -0.4 is 0 Å². The Morgan fingerprint density at radius 1 is 1.10 bits per heavy atom. The van der Waals surface area contributed by atoms with Gasteiger partial charge in [0, 0.05) is 5.56 Å². The molecule has 2 heterocycles. The van der Waals surface area contributed by atoms with Crippen molar-refractivity contribution in [3.05, 3.63) is 46.8 Å². The van der Waals surface area contributed by atoms with E-state index in [1.165, 1.54) is 18.4 Å². The zero-order chi connectivity index (χ0) is 14.1. The van der Waals surface area contributed by atoms with E-state index in [2.05, 4.69) is 26.1 Å². The highest BCUT2D eigenvalue weighted by Gasteiger charge is 2.15. The maximum Gasteiger partial charge on any atom is 0.335 e. The molecule has 0 saturated carbocycles. The highest BCUT2D eigenvalue weighted by atomic mass is 79.9. The predicted octanol–water partition coefficient (Wildman–Crippen LogP) is 3.46. The SMILES string of the molecule is O=C(O)c1ccc(-c2nnc(-c3ccoc3Br)o2)cc1. The first-order valence-electron chi connectivity index (χ1n) is 5.56. The molecule has 0 aliphatic rings. The zero-order valence-electron chi connectivity index (χ0n) is 9.91. The van der Waals surface area contributed by atoms with Gasteiger partial charge in [-0.3, -0.25) is 0 Å². The maximum atomic E-state index is 10.8. The largest absolute Gasteiger partial charge is 0.478 e. The second kappa shape index (κ2) is 4.93. The fourth-order valence-electron chi connectivity index (χ4n) is 1.65. The van der Waals surface area contributed by atoms with Crippen LogP contribution in [-0.4, -0.2) is 21.3 Å². The molecule has 0 fully saturated rings. The van der Waals surface area contributed by atoms with Gasteiger partial charge in [-0.15, -0.1) is 10.2 Å². The number of rotatable bonds is 3. The van der Waals surface area contributed by atoms with Crippen molar-refractivity contribution in [2.45, 2.75) is 0 Å². The van der Waals surface area contributed by atoms with Crippen LogP contribution in [0.2, 0.25) is 0 Å². The summed E-state index contributed by atoms with van der Waals surface area (Å²) in [7, 11) is 0. The molecule has 0 unspecified atom stereocenters. The van der Waals surface area contributed by atoms with Gasteiger partial charge in [0.2, 0.25) is 5.89 Å². The van der Waals surface area contributed by atoms with Gasteiger partial charge in [0.1, 0.15) is 0 Å². The molecule has 0 saturated heterocycles. The fourth-order valence-corrected chi connectivity index (χ4v) is 2.06. The Morgan fingerprint density at radius 2 is 1.80 bits per heavy atom. The molecule has 20 heavy (non-hydrogen) atoms. The third-order valence-corrected chi connectivity index (χ3v) is 3.27. The van der Waals surface area contributed by atoms with Crippen LogP contribution in [-0.2, 0) is 0 Å². The number of aromatic nitrogens is 2. The lowest BCUT2D eigenvalue weighted by Crippen LogP contribution is -1.94. The Balaban J connectivity index is 1.94. The van der Waals surface area contributed by atoms with Crippen molar-refractivity contribution >= 4 is 21.9 Å². The minimum atomic E-state index is -0.981. The van der Waals surface area contributed by atoms with Gasteiger partial charge < -0.3 is 13.9 Å². The molecule has 3 aromatic rings. The molecule has 0 aliphatic heterocycles. The van der Waals surface area contributed by atoms with Crippen LogP contribution in [0.1, 0.15) is 10.4 Å². The number of nitrogens with zero attached hydrogens (tertiary/aromatic N) is 2. The molecule has 0 aliphatic carbocycles. The Bertz CT molecular complexity index is 761. The Labute approximate surface area is 121 Å². The van der Waals surface area contributed by atoms with Crippen molar-refractivity contribution in [2.75, 3.05) is 0 Å². The summed E-state index contributed by atoms with van der Waals surface area (Å²) in [5.74, 6) is -0.349. The van der Waals surface area contributed by atoms with E-state index in [1.807, 2.05) is 0 Å². The number of carbonyl (C=O) groups is 1. The highest BCUT2D eigenvalue weighted by molar-refractivity contribution is 9.10. The third-order valence-electron chi connectivity index (χ3n) is 2.65. The number of carboxylic acids is 1. The van der Waals surface area contributed by atoms with E-state index in [9.17, 15) is 4.79 Å². The average Bonchev–Trinajstić information content (AvgIpc) is 3.07. The fraction of sp³-hybridized carbons (Fsp3) is 0. The quantitative estimate of drug-likeness (QED) is 0.788. The van der Waals surface area contributed by atoms with Crippen LogP contribution in [0.3, 0.4) is 0 Å². The molecule has 0 spiro atoms. The normalized spacial score (nSPS) is 10.7. The number of halogens is 1. The highest BCUT2D eigenvalue weighted by Crippen LogP contribution is 2.30. The van der Waals surface area contributed by atoms with Crippen molar-refractivity contribution < 1.29 is 18.7 Å². The average molecular weight is 335 g/mol. The van der Waals surface area contributed by atoms with Crippen LogP contribution in [0.4, 0.5) is 0 Å². The van der Waals surface area contributed by atoms with Gasteiger partial charge in [0.05, 0.1) is 17.4 Å². The molecular weight excluding hydrogens is 328 g/mol. The molecule has 3 rings (SSSR count). The monoisotopic (exact) mass is 334 g/mol. The molecule has 0 radical (unpaired) electrons. The van der Waals surface area contributed by atoms with Crippen molar-refractivity contribution in [2.24, 2.45) is 0 Å². The van der Waals surface area contributed by atoms with Crippen molar-refractivity contribution in [3.63, 3.8) is 0 Å². The summed E-state index contributed by atoms with van der Waals surface area (Å²) in [5, 5.41) is 16.7. The first kappa shape index (κ1) is 12.6. The molecule has 2 aromatic heterocycles. The molecule has 0 atom stereocenters. The summed E-state index contributed by atoms with van der Waals surface area (Å²) in [6.07, 6.45) is 1.50. The molecule has 0 amide bonds. The second-order valence-corrected chi connectivity index (χ2v) is 4.62. The van der Waals surface area contributed by atoms with Crippen LogP contribution in [0.25, 0.3) is 22.9 Å². The lowest BCUT2D eigenvalue weighted by molar-refractivity contribution is 0.0697. The molecule has 1 aromatic carbocycles. The number of benzene rings is 1. The minimum Gasteiger partial charge on any atom is -0.478 e. The van der Waals surface area contributed by atoms with Crippen LogP contribution in [0.5, 0.6) is 0 Å². The smallest absolute Gasteiger partial charge is 0.335 e. The summed E-state index contributed by atoms with van der Waals surface area (Å²) in [6, 6.07) is 7.90. The number of carboxylic acid groups (broad SMARTS) is 1. The number of aromatic carboxylic acids is 1. The van der Waals surface area contributed by atoms with Crippen molar-refractivity contribution in [3.8, 4) is 22.9 Å². The first-order chi connectivity index (χ1) is 9.65. The molecule has 7 heteroatoms. The standard InChI is InChI=1S/C13H7BrN2O4/c14-10-9(5-6-19-10)12-16-15-11(20-12)7-1-3-8(4-2-7)13(17)18/h1-6H,(H,17,18). The summed E-state index contributed by atoms with van der Waals surface area (Å²) < 4.78 is 11.1. The van der Waals surface area contributed by atoms with Gasteiger partial charge in [-0.25, -0.2) is 4.79 Å². The minimum absolute atomic E-state index is 0.200. The predicted molar refractivity (Wildman–Crippen MR) is 72.1 cm³/mol. The van der Waals surface area contributed by atoms with E-state index < -0.39 is 5.97 Å². The van der Waals surface area contributed by atoms with E-state index in [-0.39, 0.29) is 5.56 Å². The molecule has 6 nitrogen and oxygen atoms in total. The molecule has 1 N–H and O–H groups in total. The Hall–Kier alpha value is -2.41. The lowest BCUT2D eigenvalue weighted by Gasteiger charge is -1.96. The van der Waals surface area contributed by atoms with E-state index in [1.54, 1.807) is 18.2 Å². The summed E-state index contributed by atoms with van der Waals surface area (Å²) in [5.41, 5.74) is 1.50. The molecular formula is C13H7BrN2O4. The lowest BCUT2D eigenvalue weighted by atomic mass is 10.1. The summed E-state index contributed by atoms with van der Waals surface area (Å²) >= 11 is 3.23. The second-order valence-electron chi connectivity index (χ2n) is 3.90. The van der Waals surface area contributed by atoms with E-state index in [4.69, 9.17) is 13.9 Å². The van der Waals surface area contributed by atoms with Gasteiger partial charge in [0.25, 0.3) is 5.89 Å². The van der Waals surface area contributed by atoms with Crippen LogP contribution in [0.15, 0.2) is 50.1 Å². The molecule has 0 bridgehead atoms. The first-order valence-corrected chi connectivity index (χ1v) is 6.35. The number of furan rings is 1. The number of hydrogen-bond donors (Lipinski definition) is 1. The van der Waals surface area contributed by atoms with E-state index >= 15 is 0 Å². The Kier molecular flexibility index (Phi) is 3.11. The zero-order valence-corrected chi connectivity index (χ0v) is 11.5. The van der Waals surface area contributed by atoms with Crippen LogP contribution in [0, 0.1) is 0 Å². The van der Waals surface area contributed by atoms with Gasteiger partial charge in [0.15, 0.2) is 4.67 Å². The van der Waals surface area contributed by atoms with E-state index in [0.29, 0.717) is 27.6 Å². The Morgan fingerprint density at radius 3 is 2.40 bits per heavy atom. The van der Waals surface area contributed by atoms with Crippen molar-refractivity contribution in [1.29, 1.82) is 0 Å². The molecule has 100 valence electrons. The maximum absolute atomic E-state index is 10.8.